The van der Waals surface area contributed by atoms with E-state index in [1.54, 1.807) is 7.11 Å². The van der Waals surface area contributed by atoms with Gasteiger partial charge in [-0.1, -0.05) is 0 Å². The molecule has 0 aromatic heterocycles. The van der Waals surface area contributed by atoms with Crippen molar-refractivity contribution in [3.05, 3.63) is 0 Å². The van der Waals surface area contributed by atoms with Crippen LogP contribution in [0.1, 0.15) is 32.6 Å². The minimum absolute atomic E-state index is 0.113. The predicted molar refractivity (Wildman–Crippen MR) is 57.0 cm³/mol. The molecule has 0 bridgehead atoms. The minimum Gasteiger partial charge on any atom is -0.385 e. The molecule has 1 unspecified atom stereocenters. The number of nitrogens with two attached hydrogens (primary N) is 1. The summed E-state index contributed by atoms with van der Waals surface area (Å²) in [6.07, 6.45) is 3.25. The number of amides is 1. The van der Waals surface area contributed by atoms with Gasteiger partial charge in [-0.3, -0.25) is 4.79 Å². The van der Waals surface area contributed by atoms with Gasteiger partial charge in [-0.15, -0.1) is 0 Å². The molecule has 0 rings (SSSR count). The van der Waals surface area contributed by atoms with Crippen LogP contribution in [0.25, 0.3) is 0 Å². The first-order valence-corrected chi connectivity index (χ1v) is 5.18. The van der Waals surface area contributed by atoms with E-state index in [9.17, 15) is 4.79 Å². The largest absolute Gasteiger partial charge is 0.385 e. The van der Waals surface area contributed by atoms with Crippen molar-refractivity contribution in [2.45, 2.75) is 38.6 Å². The highest BCUT2D eigenvalue weighted by Gasteiger charge is 2.00. The van der Waals surface area contributed by atoms with Crippen molar-refractivity contribution in [3.63, 3.8) is 0 Å². The van der Waals surface area contributed by atoms with Crippen LogP contribution in [-0.4, -0.2) is 32.2 Å². The van der Waals surface area contributed by atoms with E-state index in [4.69, 9.17) is 10.5 Å². The standard InChI is InChI=1S/C10H22N2O2/c1-9(11)6-7-12-10(13)5-3-4-8-14-2/h9H,3-8,11H2,1-2H3,(H,12,13). The number of unbranched alkanes of at least 4 members (excludes halogenated alkanes) is 1. The van der Waals surface area contributed by atoms with Crippen molar-refractivity contribution in [3.8, 4) is 0 Å². The molecule has 0 fully saturated rings. The lowest BCUT2D eigenvalue weighted by molar-refractivity contribution is -0.121. The van der Waals surface area contributed by atoms with E-state index in [0.29, 0.717) is 13.0 Å². The van der Waals surface area contributed by atoms with Crippen molar-refractivity contribution >= 4 is 5.91 Å². The Balaban J connectivity index is 3.20. The van der Waals surface area contributed by atoms with Crippen molar-refractivity contribution < 1.29 is 9.53 Å². The molecular weight excluding hydrogens is 180 g/mol. The zero-order chi connectivity index (χ0) is 10.8. The first-order valence-electron chi connectivity index (χ1n) is 5.18. The van der Waals surface area contributed by atoms with E-state index in [0.717, 1.165) is 25.9 Å². The normalized spacial score (nSPS) is 12.5. The van der Waals surface area contributed by atoms with Crippen molar-refractivity contribution in [2.75, 3.05) is 20.3 Å². The lowest BCUT2D eigenvalue weighted by atomic mass is 10.2. The van der Waals surface area contributed by atoms with Crippen molar-refractivity contribution in [1.82, 2.24) is 5.32 Å². The molecule has 0 aliphatic rings. The molecule has 0 saturated carbocycles. The molecule has 1 atom stereocenters. The predicted octanol–water partition coefficient (Wildman–Crippen LogP) is 0.657. The van der Waals surface area contributed by atoms with E-state index in [1.807, 2.05) is 6.92 Å². The molecule has 0 aliphatic carbocycles. The Labute approximate surface area is 86.2 Å². The molecule has 14 heavy (non-hydrogen) atoms. The number of carbonyl (C=O) groups excluding carboxylic acids is 1. The Bertz CT molecular complexity index is 149. The lowest BCUT2D eigenvalue weighted by Crippen LogP contribution is -2.28. The van der Waals surface area contributed by atoms with Gasteiger partial charge in [0.1, 0.15) is 0 Å². The molecule has 0 radical (unpaired) electrons. The SMILES string of the molecule is COCCCCC(=O)NCCC(C)N. The lowest BCUT2D eigenvalue weighted by Gasteiger charge is -2.06. The van der Waals surface area contributed by atoms with Gasteiger partial charge >= 0.3 is 0 Å². The molecule has 0 heterocycles. The summed E-state index contributed by atoms with van der Waals surface area (Å²) in [5.74, 6) is 0.113. The van der Waals surface area contributed by atoms with Crippen molar-refractivity contribution in [1.29, 1.82) is 0 Å². The molecule has 0 spiro atoms. The Kier molecular flexibility index (Phi) is 8.57. The molecule has 4 nitrogen and oxygen atoms in total. The minimum atomic E-state index is 0.113. The number of carbonyl (C=O) groups is 1. The highest BCUT2D eigenvalue weighted by molar-refractivity contribution is 5.75. The van der Waals surface area contributed by atoms with Gasteiger partial charge in [-0.05, 0) is 26.2 Å². The maximum Gasteiger partial charge on any atom is 0.219 e. The monoisotopic (exact) mass is 202 g/mol. The van der Waals surface area contributed by atoms with Crippen LogP contribution in [0.5, 0.6) is 0 Å². The van der Waals surface area contributed by atoms with E-state index < -0.39 is 0 Å². The average molecular weight is 202 g/mol. The van der Waals surface area contributed by atoms with Crippen LogP contribution in [0.4, 0.5) is 0 Å². The van der Waals surface area contributed by atoms with Crippen LogP contribution in [0.3, 0.4) is 0 Å². The third kappa shape index (κ3) is 9.48. The molecular formula is C10H22N2O2. The summed E-state index contributed by atoms with van der Waals surface area (Å²) in [6, 6.07) is 0.156. The zero-order valence-corrected chi connectivity index (χ0v) is 9.21. The molecule has 1 amide bonds. The van der Waals surface area contributed by atoms with Gasteiger partial charge in [0.05, 0.1) is 0 Å². The zero-order valence-electron chi connectivity index (χ0n) is 9.21. The van der Waals surface area contributed by atoms with E-state index in [2.05, 4.69) is 5.32 Å². The van der Waals surface area contributed by atoms with Gasteiger partial charge in [-0.2, -0.15) is 0 Å². The fraction of sp³-hybridized carbons (Fsp3) is 0.900. The summed E-state index contributed by atoms with van der Waals surface area (Å²) in [4.78, 5) is 11.2. The number of hydrogen-bond donors (Lipinski definition) is 2. The molecule has 0 aromatic rings. The number of rotatable bonds is 8. The summed E-state index contributed by atoms with van der Waals surface area (Å²) in [7, 11) is 1.67. The second-order valence-corrected chi connectivity index (χ2v) is 3.57. The number of methoxy groups -OCH3 is 1. The maximum atomic E-state index is 11.2. The van der Waals surface area contributed by atoms with Crippen LogP contribution in [0, 0.1) is 0 Å². The summed E-state index contributed by atoms with van der Waals surface area (Å²) in [5, 5.41) is 2.83. The van der Waals surface area contributed by atoms with Crippen LogP contribution < -0.4 is 11.1 Å². The highest BCUT2D eigenvalue weighted by Crippen LogP contribution is 1.95. The fourth-order valence-corrected chi connectivity index (χ4v) is 1.06. The highest BCUT2D eigenvalue weighted by atomic mass is 16.5. The van der Waals surface area contributed by atoms with E-state index in [1.165, 1.54) is 0 Å². The molecule has 0 aromatic carbocycles. The second-order valence-electron chi connectivity index (χ2n) is 3.57. The van der Waals surface area contributed by atoms with Crippen LogP contribution >= 0.6 is 0 Å². The Hall–Kier alpha value is -0.610. The van der Waals surface area contributed by atoms with E-state index in [-0.39, 0.29) is 11.9 Å². The maximum absolute atomic E-state index is 11.2. The van der Waals surface area contributed by atoms with Gasteiger partial charge in [0, 0.05) is 32.7 Å². The van der Waals surface area contributed by atoms with Crippen LogP contribution in [0.2, 0.25) is 0 Å². The van der Waals surface area contributed by atoms with Crippen molar-refractivity contribution in [2.24, 2.45) is 5.73 Å². The van der Waals surface area contributed by atoms with Gasteiger partial charge in [0.2, 0.25) is 5.91 Å². The Morgan fingerprint density at radius 3 is 2.79 bits per heavy atom. The molecule has 4 heteroatoms. The topological polar surface area (TPSA) is 64.3 Å². The number of ether oxygens (including phenoxy) is 1. The fourth-order valence-electron chi connectivity index (χ4n) is 1.06. The molecule has 0 saturated heterocycles. The smallest absolute Gasteiger partial charge is 0.219 e. The summed E-state index contributed by atoms with van der Waals surface area (Å²) in [6.45, 7) is 3.35. The number of hydrogen-bond acceptors (Lipinski definition) is 3. The third-order valence-electron chi connectivity index (χ3n) is 1.92. The number of nitrogens with one attached hydrogen (secondary N) is 1. The molecule has 84 valence electrons. The quantitative estimate of drug-likeness (QED) is 0.568. The molecule has 3 N–H and O–H groups in total. The Morgan fingerprint density at radius 2 is 2.21 bits per heavy atom. The first-order chi connectivity index (χ1) is 6.66. The van der Waals surface area contributed by atoms with Crippen LogP contribution in [-0.2, 0) is 9.53 Å². The van der Waals surface area contributed by atoms with Gasteiger partial charge < -0.3 is 15.8 Å². The summed E-state index contributed by atoms with van der Waals surface area (Å²) >= 11 is 0. The Morgan fingerprint density at radius 1 is 1.50 bits per heavy atom. The first kappa shape index (κ1) is 13.4. The average Bonchev–Trinajstić information content (AvgIpc) is 2.12. The van der Waals surface area contributed by atoms with Gasteiger partial charge in [-0.25, -0.2) is 0 Å². The van der Waals surface area contributed by atoms with E-state index >= 15 is 0 Å². The van der Waals surface area contributed by atoms with Crippen LogP contribution in [0.15, 0.2) is 0 Å². The third-order valence-corrected chi connectivity index (χ3v) is 1.92. The summed E-state index contributed by atoms with van der Waals surface area (Å²) < 4.78 is 4.89. The van der Waals surface area contributed by atoms with Gasteiger partial charge in [0.15, 0.2) is 0 Å². The second kappa shape index (κ2) is 8.97. The summed E-state index contributed by atoms with van der Waals surface area (Å²) in [5.41, 5.74) is 5.55. The molecule has 0 aliphatic heterocycles. The van der Waals surface area contributed by atoms with Gasteiger partial charge in [0.25, 0.3) is 0 Å².